The quantitative estimate of drug-likeness (QED) is 0.450. The van der Waals surface area contributed by atoms with Crippen LogP contribution < -0.4 is 15.8 Å². The molecule has 168 valence electrons. The minimum atomic E-state index is -4.02. The van der Waals surface area contributed by atoms with Gasteiger partial charge in [0.1, 0.15) is 11.3 Å². The minimum absolute atomic E-state index is 0.0241. The Kier molecular flexibility index (Phi) is 4.97. The number of hydrogen-bond donors (Lipinski definition) is 1. The van der Waals surface area contributed by atoms with Crippen molar-refractivity contribution in [3.05, 3.63) is 82.2 Å². The number of benzene rings is 1. The Morgan fingerprint density at radius 2 is 1.94 bits per heavy atom. The van der Waals surface area contributed by atoms with Gasteiger partial charge in [-0.3, -0.25) is 4.79 Å². The first-order chi connectivity index (χ1) is 15.9. The molecular weight excluding hydrogens is 446 g/mol. The van der Waals surface area contributed by atoms with Crippen LogP contribution in [0.3, 0.4) is 0 Å². The van der Waals surface area contributed by atoms with Crippen molar-refractivity contribution in [2.24, 2.45) is 0 Å². The fraction of sp³-hybridized carbons (Fsp3) is 0.182. The Morgan fingerprint density at radius 3 is 2.70 bits per heavy atom. The lowest BCUT2D eigenvalue weighted by atomic mass is 10.1. The van der Waals surface area contributed by atoms with Gasteiger partial charge in [-0.2, -0.15) is 17.6 Å². The third-order valence-electron chi connectivity index (χ3n) is 5.60. The van der Waals surface area contributed by atoms with E-state index in [0.29, 0.717) is 36.3 Å². The van der Waals surface area contributed by atoms with E-state index in [1.54, 1.807) is 36.7 Å². The Morgan fingerprint density at radius 1 is 1.12 bits per heavy atom. The molecule has 1 N–H and O–H groups in total. The summed E-state index contributed by atoms with van der Waals surface area (Å²) < 4.78 is 33.0. The molecule has 4 heterocycles. The second-order valence-corrected chi connectivity index (χ2v) is 9.34. The molecule has 0 saturated heterocycles. The Bertz CT molecular complexity index is 1540. The zero-order valence-corrected chi connectivity index (χ0v) is 18.4. The summed E-state index contributed by atoms with van der Waals surface area (Å²) in [5.41, 5.74) is 2.09. The lowest BCUT2D eigenvalue weighted by molar-refractivity contribution is 0.0958. The molecule has 5 rings (SSSR count). The maximum absolute atomic E-state index is 13.4. The number of anilines is 1. The highest BCUT2D eigenvalue weighted by Gasteiger charge is 2.28. The molecule has 1 aliphatic heterocycles. The fourth-order valence-corrected chi connectivity index (χ4v) is 5.17. The van der Waals surface area contributed by atoms with Gasteiger partial charge in [0, 0.05) is 31.1 Å². The number of pyridine rings is 1. The fourth-order valence-electron chi connectivity index (χ4n) is 3.84. The van der Waals surface area contributed by atoms with E-state index < -0.39 is 15.6 Å². The minimum Gasteiger partial charge on any atom is -0.423 e. The number of rotatable bonds is 4. The van der Waals surface area contributed by atoms with Crippen LogP contribution in [-0.2, 0) is 23.0 Å². The van der Waals surface area contributed by atoms with Crippen LogP contribution in [0, 0.1) is 0 Å². The summed E-state index contributed by atoms with van der Waals surface area (Å²) in [5, 5.41) is 7.31. The summed E-state index contributed by atoms with van der Waals surface area (Å²) in [6.07, 6.45) is 3.77. The number of fused-ring (bicyclic) bond motifs is 2. The van der Waals surface area contributed by atoms with Crippen molar-refractivity contribution >= 4 is 32.6 Å². The van der Waals surface area contributed by atoms with Gasteiger partial charge >= 0.3 is 5.63 Å². The van der Waals surface area contributed by atoms with Crippen LogP contribution in [0.15, 0.2) is 69.0 Å². The molecule has 0 saturated carbocycles. The van der Waals surface area contributed by atoms with E-state index >= 15 is 0 Å². The van der Waals surface area contributed by atoms with E-state index in [1.807, 2.05) is 4.90 Å². The van der Waals surface area contributed by atoms with Crippen LogP contribution in [-0.4, -0.2) is 42.1 Å². The molecule has 0 unspecified atom stereocenters. The molecule has 10 nitrogen and oxygen atoms in total. The zero-order valence-electron chi connectivity index (χ0n) is 17.6. The lowest BCUT2D eigenvalue weighted by Crippen LogP contribution is -2.33. The largest absolute Gasteiger partial charge is 0.423 e. The molecule has 0 fully saturated rings. The molecule has 0 aliphatic carbocycles. The monoisotopic (exact) mass is 465 g/mol. The summed E-state index contributed by atoms with van der Waals surface area (Å²) in [5.74, 6) is -0.280. The molecule has 1 aromatic carbocycles. The van der Waals surface area contributed by atoms with Gasteiger partial charge in [0.05, 0.1) is 35.2 Å². The van der Waals surface area contributed by atoms with E-state index in [-0.39, 0.29) is 16.4 Å². The predicted molar refractivity (Wildman–Crippen MR) is 120 cm³/mol. The van der Waals surface area contributed by atoms with Crippen LogP contribution in [0.25, 0.3) is 11.0 Å². The number of hydrogen-bond acceptors (Lipinski definition) is 8. The van der Waals surface area contributed by atoms with E-state index in [9.17, 15) is 18.0 Å². The standard InChI is InChI=1S/C22H19N5O5S/c1-23-22(29)18-6-4-16(12-24-18)26-9-8-15-11-25-27(19(15)13-26)33(30,31)17-5-2-14-3-7-21(28)32-20(14)10-17/h2-7,10-12H,8-9,13H2,1H3,(H,23,29). The molecule has 3 aromatic heterocycles. The van der Waals surface area contributed by atoms with Gasteiger partial charge in [0.15, 0.2) is 0 Å². The van der Waals surface area contributed by atoms with E-state index in [0.717, 1.165) is 15.3 Å². The van der Waals surface area contributed by atoms with Crippen LogP contribution in [0.4, 0.5) is 5.69 Å². The van der Waals surface area contributed by atoms with Gasteiger partial charge in [0.2, 0.25) is 0 Å². The van der Waals surface area contributed by atoms with Gasteiger partial charge in [-0.05, 0) is 42.3 Å². The maximum Gasteiger partial charge on any atom is 0.336 e. The number of carbonyl (C=O) groups is 1. The highest BCUT2D eigenvalue weighted by Crippen LogP contribution is 2.27. The number of amides is 1. The molecule has 1 aliphatic rings. The summed E-state index contributed by atoms with van der Waals surface area (Å²) in [6, 6.07) is 10.7. The van der Waals surface area contributed by atoms with Crippen molar-refractivity contribution in [3.63, 3.8) is 0 Å². The predicted octanol–water partition coefficient (Wildman–Crippen LogP) is 1.54. The highest BCUT2D eigenvalue weighted by molar-refractivity contribution is 7.89. The number of nitrogens with zero attached hydrogens (tertiary/aromatic N) is 4. The molecule has 0 radical (unpaired) electrons. The maximum atomic E-state index is 13.4. The van der Waals surface area contributed by atoms with Crippen molar-refractivity contribution < 1.29 is 17.6 Å². The van der Waals surface area contributed by atoms with Gasteiger partial charge in [-0.1, -0.05) is 0 Å². The molecular formula is C22H19N5O5S. The Hall–Kier alpha value is -3.99. The molecule has 33 heavy (non-hydrogen) atoms. The average Bonchev–Trinajstić information content (AvgIpc) is 3.27. The first-order valence-corrected chi connectivity index (χ1v) is 11.6. The SMILES string of the molecule is CNC(=O)c1ccc(N2CCc3cnn(S(=O)(=O)c4ccc5ccc(=O)oc5c4)c3C2)cn1. The molecule has 0 bridgehead atoms. The number of carbonyl (C=O) groups excluding carboxylic acids is 1. The third-order valence-corrected chi connectivity index (χ3v) is 7.22. The van der Waals surface area contributed by atoms with Crippen molar-refractivity contribution in [2.45, 2.75) is 17.9 Å². The average molecular weight is 465 g/mol. The smallest absolute Gasteiger partial charge is 0.336 e. The normalized spacial score (nSPS) is 13.7. The van der Waals surface area contributed by atoms with Gasteiger partial charge in [-0.15, -0.1) is 0 Å². The number of aromatic nitrogens is 3. The Labute approximate surface area is 188 Å². The molecule has 0 atom stereocenters. The van der Waals surface area contributed by atoms with Crippen LogP contribution in [0.2, 0.25) is 0 Å². The number of nitrogens with one attached hydrogen (secondary N) is 1. The van der Waals surface area contributed by atoms with Gasteiger partial charge in [-0.25, -0.2) is 9.78 Å². The van der Waals surface area contributed by atoms with Crippen LogP contribution >= 0.6 is 0 Å². The molecule has 0 spiro atoms. The highest BCUT2D eigenvalue weighted by atomic mass is 32.2. The molecule has 1 amide bonds. The summed E-state index contributed by atoms with van der Waals surface area (Å²) in [7, 11) is -2.48. The molecule has 4 aromatic rings. The summed E-state index contributed by atoms with van der Waals surface area (Å²) in [4.78, 5) is 29.4. The van der Waals surface area contributed by atoms with Gasteiger partial charge < -0.3 is 14.6 Å². The van der Waals surface area contributed by atoms with Gasteiger partial charge in [0.25, 0.3) is 15.9 Å². The zero-order chi connectivity index (χ0) is 23.2. The first-order valence-electron chi connectivity index (χ1n) is 10.2. The topological polar surface area (TPSA) is 127 Å². The van der Waals surface area contributed by atoms with Crippen molar-refractivity contribution in [1.29, 1.82) is 0 Å². The van der Waals surface area contributed by atoms with E-state index in [2.05, 4.69) is 15.4 Å². The van der Waals surface area contributed by atoms with Crippen molar-refractivity contribution in [2.75, 3.05) is 18.5 Å². The van der Waals surface area contributed by atoms with Crippen LogP contribution in [0.1, 0.15) is 21.7 Å². The summed E-state index contributed by atoms with van der Waals surface area (Å²) >= 11 is 0. The Balaban J connectivity index is 1.49. The van der Waals surface area contributed by atoms with E-state index in [1.165, 1.54) is 25.2 Å². The second kappa shape index (κ2) is 7.85. The molecule has 11 heteroatoms. The lowest BCUT2D eigenvalue weighted by Gasteiger charge is -2.29. The van der Waals surface area contributed by atoms with E-state index in [4.69, 9.17) is 4.42 Å². The second-order valence-electron chi connectivity index (χ2n) is 7.57. The van der Waals surface area contributed by atoms with Crippen molar-refractivity contribution in [1.82, 2.24) is 19.5 Å². The summed E-state index contributed by atoms with van der Waals surface area (Å²) in [6.45, 7) is 0.957. The first kappa shape index (κ1) is 20.9. The third kappa shape index (κ3) is 3.65. The van der Waals surface area contributed by atoms with Crippen molar-refractivity contribution in [3.8, 4) is 0 Å². The van der Waals surface area contributed by atoms with Crippen LogP contribution in [0.5, 0.6) is 0 Å².